The van der Waals surface area contributed by atoms with Crippen LogP contribution in [0.4, 0.5) is 0 Å². The lowest BCUT2D eigenvalue weighted by molar-refractivity contribution is -0.108. The molecule has 0 fully saturated rings. The maximum absolute atomic E-state index is 10.3. The molecule has 0 aliphatic heterocycles. The SMILES string of the molecule is C/C(=C\c1csc(C)n1)C(C)CC=O. The molecule has 1 atom stereocenters. The number of hydrogen-bond donors (Lipinski definition) is 0. The highest BCUT2D eigenvalue weighted by Gasteiger charge is 2.04. The van der Waals surface area contributed by atoms with Gasteiger partial charge in [0.15, 0.2) is 0 Å². The molecule has 0 aliphatic rings. The Hall–Kier alpha value is -0.960. The van der Waals surface area contributed by atoms with Gasteiger partial charge in [0.05, 0.1) is 10.7 Å². The molecular weight excluding hydrogens is 194 g/mol. The number of hydrogen-bond acceptors (Lipinski definition) is 3. The van der Waals surface area contributed by atoms with Gasteiger partial charge in [-0.15, -0.1) is 11.3 Å². The summed E-state index contributed by atoms with van der Waals surface area (Å²) in [4.78, 5) is 14.7. The highest BCUT2D eigenvalue weighted by Crippen LogP contribution is 2.17. The van der Waals surface area contributed by atoms with E-state index in [2.05, 4.69) is 18.0 Å². The van der Waals surface area contributed by atoms with Gasteiger partial charge in [-0.3, -0.25) is 0 Å². The highest BCUT2D eigenvalue weighted by molar-refractivity contribution is 7.09. The summed E-state index contributed by atoms with van der Waals surface area (Å²) in [6.45, 7) is 6.09. The van der Waals surface area contributed by atoms with E-state index in [1.807, 2.05) is 19.2 Å². The predicted octanol–water partition coefficient (Wildman–Crippen LogP) is 3.08. The number of aromatic nitrogens is 1. The van der Waals surface area contributed by atoms with E-state index in [1.54, 1.807) is 11.3 Å². The molecule has 0 saturated heterocycles. The molecule has 0 aromatic carbocycles. The lowest BCUT2D eigenvalue weighted by atomic mass is 9.99. The molecule has 1 aromatic heterocycles. The Kier molecular flexibility index (Phi) is 4.01. The van der Waals surface area contributed by atoms with Gasteiger partial charge in [0.1, 0.15) is 6.29 Å². The molecule has 2 nitrogen and oxygen atoms in total. The molecule has 14 heavy (non-hydrogen) atoms. The predicted molar refractivity (Wildman–Crippen MR) is 60.3 cm³/mol. The maximum Gasteiger partial charge on any atom is 0.120 e. The van der Waals surface area contributed by atoms with Crippen LogP contribution in [0.3, 0.4) is 0 Å². The van der Waals surface area contributed by atoms with E-state index < -0.39 is 0 Å². The lowest BCUT2D eigenvalue weighted by Crippen LogP contribution is -1.96. The van der Waals surface area contributed by atoms with Crippen molar-refractivity contribution in [2.24, 2.45) is 5.92 Å². The van der Waals surface area contributed by atoms with E-state index in [1.165, 1.54) is 5.57 Å². The van der Waals surface area contributed by atoms with Crippen LogP contribution in [0.5, 0.6) is 0 Å². The Bertz CT molecular complexity index is 341. The molecule has 0 radical (unpaired) electrons. The molecule has 0 saturated carbocycles. The zero-order valence-corrected chi connectivity index (χ0v) is 9.60. The third-order valence-electron chi connectivity index (χ3n) is 2.24. The molecule has 0 N–H and O–H groups in total. The number of thiazole rings is 1. The van der Waals surface area contributed by atoms with E-state index in [9.17, 15) is 4.79 Å². The van der Waals surface area contributed by atoms with Gasteiger partial charge in [-0.1, -0.05) is 12.5 Å². The minimum atomic E-state index is 0.314. The first-order valence-corrected chi connectivity index (χ1v) is 5.55. The molecule has 0 bridgehead atoms. The number of aldehydes is 1. The largest absolute Gasteiger partial charge is 0.303 e. The standard InChI is InChI=1S/C11H15NOS/c1-8(4-5-13)9(2)6-11-7-14-10(3)12-11/h5-8H,4H2,1-3H3/b9-6+. The number of nitrogens with zero attached hydrogens (tertiary/aromatic N) is 1. The summed E-state index contributed by atoms with van der Waals surface area (Å²) < 4.78 is 0. The maximum atomic E-state index is 10.3. The molecule has 1 aromatic rings. The quantitative estimate of drug-likeness (QED) is 0.713. The van der Waals surface area contributed by atoms with E-state index in [-0.39, 0.29) is 0 Å². The van der Waals surface area contributed by atoms with E-state index in [0.717, 1.165) is 17.0 Å². The summed E-state index contributed by atoms with van der Waals surface area (Å²) in [6, 6.07) is 0. The molecule has 1 unspecified atom stereocenters. The van der Waals surface area contributed by atoms with Crippen molar-refractivity contribution in [1.82, 2.24) is 4.98 Å². The van der Waals surface area contributed by atoms with Crippen LogP contribution in [-0.4, -0.2) is 11.3 Å². The zero-order chi connectivity index (χ0) is 10.6. The molecular formula is C11H15NOS. The third-order valence-corrected chi connectivity index (χ3v) is 3.03. The van der Waals surface area contributed by atoms with E-state index in [4.69, 9.17) is 0 Å². The molecule has 0 aliphatic carbocycles. The molecule has 1 heterocycles. The first-order chi connectivity index (χ1) is 6.63. The van der Waals surface area contributed by atoms with Crippen LogP contribution in [0.2, 0.25) is 0 Å². The van der Waals surface area contributed by atoms with Gasteiger partial charge in [-0.25, -0.2) is 4.98 Å². The van der Waals surface area contributed by atoms with Crippen molar-refractivity contribution in [1.29, 1.82) is 0 Å². The van der Waals surface area contributed by atoms with Crippen molar-refractivity contribution in [2.45, 2.75) is 27.2 Å². The van der Waals surface area contributed by atoms with Crippen LogP contribution in [0, 0.1) is 12.8 Å². The topological polar surface area (TPSA) is 30.0 Å². The minimum absolute atomic E-state index is 0.314. The first-order valence-electron chi connectivity index (χ1n) is 4.67. The second-order valence-corrected chi connectivity index (χ2v) is 4.55. The summed E-state index contributed by atoms with van der Waals surface area (Å²) >= 11 is 1.65. The van der Waals surface area contributed by atoms with E-state index in [0.29, 0.717) is 12.3 Å². The normalized spacial score (nSPS) is 14.1. The van der Waals surface area contributed by atoms with Crippen molar-refractivity contribution in [2.75, 3.05) is 0 Å². The number of rotatable bonds is 4. The van der Waals surface area contributed by atoms with Crippen LogP contribution in [0.1, 0.15) is 31.0 Å². The third kappa shape index (κ3) is 3.07. The fourth-order valence-corrected chi connectivity index (χ4v) is 1.72. The lowest BCUT2D eigenvalue weighted by Gasteiger charge is -2.06. The van der Waals surface area contributed by atoms with Crippen LogP contribution in [0.25, 0.3) is 6.08 Å². The molecule has 0 amide bonds. The van der Waals surface area contributed by atoms with Crippen molar-refractivity contribution >= 4 is 23.7 Å². The fourth-order valence-electron chi connectivity index (χ4n) is 1.15. The Morgan fingerprint density at radius 1 is 1.71 bits per heavy atom. The van der Waals surface area contributed by atoms with Gasteiger partial charge < -0.3 is 4.79 Å². The Balaban J connectivity index is 2.72. The monoisotopic (exact) mass is 209 g/mol. The fraction of sp³-hybridized carbons (Fsp3) is 0.455. The van der Waals surface area contributed by atoms with Crippen LogP contribution in [-0.2, 0) is 4.79 Å². The van der Waals surface area contributed by atoms with Gasteiger partial charge in [-0.05, 0) is 25.8 Å². The van der Waals surface area contributed by atoms with Crippen LogP contribution >= 0.6 is 11.3 Å². The van der Waals surface area contributed by atoms with Gasteiger partial charge in [0.25, 0.3) is 0 Å². The average Bonchev–Trinajstić information content (AvgIpc) is 2.51. The Labute approximate surface area is 88.7 Å². The van der Waals surface area contributed by atoms with Crippen molar-refractivity contribution < 1.29 is 4.79 Å². The van der Waals surface area contributed by atoms with Crippen molar-refractivity contribution in [3.8, 4) is 0 Å². The molecule has 0 spiro atoms. The van der Waals surface area contributed by atoms with Crippen molar-refractivity contribution in [3.05, 3.63) is 21.7 Å². The zero-order valence-electron chi connectivity index (χ0n) is 8.78. The van der Waals surface area contributed by atoms with Crippen molar-refractivity contribution in [3.63, 3.8) is 0 Å². The summed E-state index contributed by atoms with van der Waals surface area (Å²) in [5.41, 5.74) is 2.21. The summed E-state index contributed by atoms with van der Waals surface area (Å²) in [6.07, 6.45) is 3.61. The van der Waals surface area contributed by atoms with Gasteiger partial charge in [-0.2, -0.15) is 0 Å². The van der Waals surface area contributed by atoms with Gasteiger partial charge in [0.2, 0.25) is 0 Å². The summed E-state index contributed by atoms with van der Waals surface area (Å²) in [5.74, 6) is 0.314. The number of aryl methyl sites for hydroxylation is 1. The number of carbonyl (C=O) groups excluding carboxylic acids is 1. The summed E-state index contributed by atoms with van der Waals surface area (Å²) in [7, 11) is 0. The average molecular weight is 209 g/mol. The minimum Gasteiger partial charge on any atom is -0.303 e. The van der Waals surface area contributed by atoms with Crippen LogP contribution < -0.4 is 0 Å². The number of allylic oxidation sites excluding steroid dienone is 1. The highest BCUT2D eigenvalue weighted by atomic mass is 32.1. The van der Waals surface area contributed by atoms with E-state index >= 15 is 0 Å². The second-order valence-electron chi connectivity index (χ2n) is 3.48. The smallest absolute Gasteiger partial charge is 0.120 e. The summed E-state index contributed by atoms with van der Waals surface area (Å²) in [5, 5.41) is 3.11. The molecule has 3 heteroatoms. The Morgan fingerprint density at radius 2 is 2.43 bits per heavy atom. The Morgan fingerprint density at radius 3 is 2.93 bits per heavy atom. The first kappa shape index (κ1) is 11.1. The van der Waals surface area contributed by atoms with Gasteiger partial charge >= 0.3 is 0 Å². The van der Waals surface area contributed by atoms with Crippen LogP contribution in [0.15, 0.2) is 11.0 Å². The second kappa shape index (κ2) is 5.05. The molecule has 76 valence electrons. The number of carbonyl (C=O) groups is 1. The van der Waals surface area contributed by atoms with Gasteiger partial charge in [0, 0.05) is 11.8 Å². The molecule has 1 rings (SSSR count).